The van der Waals surface area contributed by atoms with E-state index in [1.165, 1.54) is 23.4 Å². The predicted molar refractivity (Wildman–Crippen MR) is 71.2 cm³/mol. The van der Waals surface area contributed by atoms with Gasteiger partial charge in [0.25, 0.3) is 0 Å². The smallest absolute Gasteiger partial charge is 0.123 e. The molecule has 3 nitrogen and oxygen atoms in total. The Bertz CT molecular complexity index is 391. The highest BCUT2D eigenvalue weighted by atomic mass is 32.1. The summed E-state index contributed by atoms with van der Waals surface area (Å²) in [6, 6.07) is 0. The fourth-order valence-electron chi connectivity index (χ4n) is 2.14. The molecule has 0 spiro atoms. The highest BCUT2D eigenvalue weighted by molar-refractivity contribution is 7.11. The lowest BCUT2D eigenvalue weighted by molar-refractivity contribution is 0.0149. The molecule has 4 heteroatoms. The van der Waals surface area contributed by atoms with Gasteiger partial charge in [-0.05, 0) is 18.3 Å². The molecule has 1 aromatic heterocycles. The number of hydrogen-bond donors (Lipinski definition) is 1. The van der Waals surface area contributed by atoms with Crippen LogP contribution < -0.4 is 5.73 Å². The van der Waals surface area contributed by atoms with Gasteiger partial charge < -0.3 is 10.5 Å². The van der Waals surface area contributed by atoms with Crippen LogP contribution in [0.3, 0.4) is 0 Å². The first kappa shape index (κ1) is 13.0. The van der Waals surface area contributed by atoms with Crippen LogP contribution >= 0.6 is 11.3 Å². The van der Waals surface area contributed by atoms with Gasteiger partial charge in [0.15, 0.2) is 0 Å². The van der Waals surface area contributed by atoms with E-state index in [1.54, 1.807) is 18.4 Å². The lowest BCUT2D eigenvalue weighted by atomic mass is 9.89. The Kier molecular flexibility index (Phi) is 3.57. The van der Waals surface area contributed by atoms with Crippen molar-refractivity contribution in [3.63, 3.8) is 0 Å². The van der Waals surface area contributed by atoms with Crippen molar-refractivity contribution in [2.24, 2.45) is 11.1 Å². The summed E-state index contributed by atoms with van der Waals surface area (Å²) in [5, 5.41) is 1.09. The van der Waals surface area contributed by atoms with E-state index in [0.717, 1.165) is 5.01 Å². The van der Waals surface area contributed by atoms with Crippen LogP contribution in [0, 0.1) is 5.41 Å². The Labute approximate surface area is 107 Å². The van der Waals surface area contributed by atoms with Crippen LogP contribution in [0.2, 0.25) is 0 Å². The van der Waals surface area contributed by atoms with Crippen LogP contribution in [-0.2, 0) is 11.3 Å². The van der Waals surface area contributed by atoms with Gasteiger partial charge in [0.05, 0.1) is 5.69 Å². The summed E-state index contributed by atoms with van der Waals surface area (Å²) in [4.78, 5) is 6.04. The third-order valence-electron chi connectivity index (χ3n) is 3.14. The van der Waals surface area contributed by atoms with Crippen LogP contribution in [0.4, 0.5) is 0 Å². The lowest BCUT2D eigenvalue weighted by Crippen LogP contribution is -2.19. The van der Waals surface area contributed by atoms with Gasteiger partial charge in [-0.2, -0.15) is 0 Å². The molecule has 1 fully saturated rings. The van der Waals surface area contributed by atoms with Crippen molar-refractivity contribution in [3.8, 4) is 0 Å². The molecule has 0 saturated heterocycles. The first-order chi connectivity index (χ1) is 7.97. The molecule has 0 aromatic carbocycles. The molecule has 1 saturated carbocycles. The quantitative estimate of drug-likeness (QED) is 0.897. The third-order valence-corrected chi connectivity index (χ3v) is 4.28. The zero-order chi connectivity index (χ0) is 12.6. The first-order valence-electron chi connectivity index (χ1n) is 6.19. The molecule has 0 aliphatic heterocycles. The maximum atomic E-state index is 5.81. The number of aromatic nitrogens is 1. The molecule has 17 heavy (non-hydrogen) atoms. The van der Waals surface area contributed by atoms with Crippen molar-refractivity contribution < 1.29 is 4.74 Å². The fraction of sp³-hybridized carbons (Fsp3) is 0.769. The summed E-state index contributed by atoms with van der Waals surface area (Å²) < 4.78 is 5.62. The van der Waals surface area contributed by atoms with E-state index in [0.29, 0.717) is 12.5 Å². The van der Waals surface area contributed by atoms with Crippen LogP contribution in [0.25, 0.3) is 0 Å². The van der Waals surface area contributed by atoms with Crippen molar-refractivity contribution in [1.82, 2.24) is 4.98 Å². The summed E-state index contributed by atoms with van der Waals surface area (Å²) in [7, 11) is 1.76. The minimum absolute atomic E-state index is 0.0605. The maximum absolute atomic E-state index is 5.81. The Morgan fingerprint density at radius 3 is 2.53 bits per heavy atom. The van der Waals surface area contributed by atoms with Gasteiger partial charge in [-0.15, -0.1) is 11.3 Å². The topological polar surface area (TPSA) is 48.1 Å². The van der Waals surface area contributed by atoms with Crippen molar-refractivity contribution >= 4 is 11.3 Å². The number of nitrogens with two attached hydrogens (primary N) is 1. The van der Waals surface area contributed by atoms with Crippen LogP contribution in [0.15, 0.2) is 0 Å². The molecular formula is C13H22N2OS. The molecule has 2 rings (SSSR count). The van der Waals surface area contributed by atoms with E-state index in [1.807, 2.05) is 0 Å². The van der Waals surface area contributed by atoms with E-state index in [-0.39, 0.29) is 11.5 Å². The fourth-order valence-corrected chi connectivity index (χ4v) is 3.49. The average molecular weight is 254 g/mol. The molecule has 0 amide bonds. The second-order valence-electron chi connectivity index (χ2n) is 5.82. The van der Waals surface area contributed by atoms with Gasteiger partial charge in [0, 0.05) is 24.4 Å². The highest BCUT2D eigenvalue weighted by Crippen LogP contribution is 2.45. The summed E-state index contributed by atoms with van der Waals surface area (Å²) in [6.07, 6.45) is 2.59. The van der Waals surface area contributed by atoms with E-state index in [4.69, 9.17) is 15.5 Å². The molecule has 1 atom stereocenters. The van der Waals surface area contributed by atoms with Crippen LogP contribution in [-0.4, -0.2) is 12.1 Å². The largest absolute Gasteiger partial charge is 0.374 e. The summed E-state index contributed by atoms with van der Waals surface area (Å²) >= 11 is 1.73. The van der Waals surface area contributed by atoms with E-state index in [9.17, 15) is 0 Å². The number of hydrogen-bond acceptors (Lipinski definition) is 4. The van der Waals surface area contributed by atoms with E-state index >= 15 is 0 Å². The molecule has 96 valence electrons. The average Bonchev–Trinajstić information content (AvgIpc) is 2.99. The molecular weight excluding hydrogens is 232 g/mol. The van der Waals surface area contributed by atoms with Gasteiger partial charge in [0.2, 0.25) is 0 Å². The zero-order valence-corrected chi connectivity index (χ0v) is 11.9. The summed E-state index contributed by atoms with van der Waals surface area (Å²) in [5.41, 5.74) is 7.11. The van der Waals surface area contributed by atoms with Crippen LogP contribution in [0.5, 0.6) is 0 Å². The Morgan fingerprint density at radius 1 is 1.47 bits per heavy atom. The SMILES string of the molecule is COC(c1nc(C2CC2)c(CN)s1)C(C)(C)C. The number of methoxy groups -OCH3 is 1. The zero-order valence-electron chi connectivity index (χ0n) is 11.1. The highest BCUT2D eigenvalue weighted by Gasteiger charge is 2.34. The first-order valence-corrected chi connectivity index (χ1v) is 7.01. The number of rotatable bonds is 4. The molecule has 1 unspecified atom stereocenters. The third kappa shape index (κ3) is 2.69. The molecule has 1 aromatic rings. The standard InChI is InChI=1S/C13H22N2OS/c1-13(2,3)11(16-4)12-15-10(8-5-6-8)9(7-14)17-12/h8,11H,5-7,14H2,1-4H3. The minimum Gasteiger partial charge on any atom is -0.374 e. The summed E-state index contributed by atoms with van der Waals surface area (Å²) in [5.74, 6) is 0.663. The maximum Gasteiger partial charge on any atom is 0.123 e. The molecule has 1 aliphatic carbocycles. The molecule has 2 N–H and O–H groups in total. The lowest BCUT2D eigenvalue weighted by Gasteiger charge is -2.27. The van der Waals surface area contributed by atoms with Gasteiger partial charge in [-0.3, -0.25) is 0 Å². The predicted octanol–water partition coefficient (Wildman–Crippen LogP) is 3.21. The normalized spacial score (nSPS) is 18.4. The second kappa shape index (κ2) is 4.67. The molecule has 0 radical (unpaired) electrons. The van der Waals surface area contributed by atoms with Gasteiger partial charge in [-0.1, -0.05) is 20.8 Å². The Balaban J connectivity index is 2.31. The molecule has 1 aliphatic rings. The Hall–Kier alpha value is -0.450. The number of nitrogens with zero attached hydrogens (tertiary/aromatic N) is 1. The minimum atomic E-state index is 0.0605. The van der Waals surface area contributed by atoms with E-state index in [2.05, 4.69) is 20.8 Å². The van der Waals surface area contributed by atoms with Gasteiger partial charge in [0.1, 0.15) is 11.1 Å². The summed E-state index contributed by atoms with van der Waals surface area (Å²) in [6.45, 7) is 7.15. The van der Waals surface area contributed by atoms with Crippen molar-refractivity contribution in [2.75, 3.05) is 7.11 Å². The van der Waals surface area contributed by atoms with Crippen molar-refractivity contribution in [2.45, 2.75) is 52.2 Å². The Morgan fingerprint density at radius 2 is 2.12 bits per heavy atom. The van der Waals surface area contributed by atoms with Gasteiger partial charge >= 0.3 is 0 Å². The monoisotopic (exact) mass is 254 g/mol. The van der Waals surface area contributed by atoms with E-state index < -0.39 is 0 Å². The number of ether oxygens (including phenoxy) is 1. The number of thiazole rings is 1. The second-order valence-corrected chi connectivity index (χ2v) is 6.94. The van der Waals surface area contributed by atoms with Crippen LogP contribution in [0.1, 0.15) is 61.2 Å². The van der Waals surface area contributed by atoms with Gasteiger partial charge in [-0.25, -0.2) is 4.98 Å². The van der Waals surface area contributed by atoms with Crippen molar-refractivity contribution in [3.05, 3.63) is 15.6 Å². The van der Waals surface area contributed by atoms with Crippen molar-refractivity contribution in [1.29, 1.82) is 0 Å². The molecule has 0 bridgehead atoms. The molecule has 1 heterocycles.